The van der Waals surface area contributed by atoms with Gasteiger partial charge in [0, 0.05) is 16.9 Å². The summed E-state index contributed by atoms with van der Waals surface area (Å²) in [6.07, 6.45) is 1.22. The third-order valence-electron chi connectivity index (χ3n) is 2.48. The molecule has 0 saturated heterocycles. The van der Waals surface area contributed by atoms with Crippen LogP contribution in [0.5, 0.6) is 0 Å². The molecular weight excluding hydrogens is 296 g/mol. The molecule has 0 N–H and O–H groups in total. The molecule has 0 atom stereocenters. The SMILES string of the molecule is CS(=O)(=O)c1ccc(SSCc2ccccc2)cc1. The summed E-state index contributed by atoms with van der Waals surface area (Å²) in [6.45, 7) is 0. The van der Waals surface area contributed by atoms with Crippen LogP contribution in [0.4, 0.5) is 0 Å². The Hall–Kier alpha value is -0.910. The molecule has 5 heteroatoms. The van der Waals surface area contributed by atoms with Gasteiger partial charge < -0.3 is 0 Å². The smallest absolute Gasteiger partial charge is 0.175 e. The van der Waals surface area contributed by atoms with Crippen molar-refractivity contribution in [3.05, 3.63) is 60.2 Å². The second kappa shape index (κ2) is 6.50. The first kappa shape index (κ1) is 14.5. The lowest BCUT2D eigenvalue weighted by atomic mass is 10.2. The van der Waals surface area contributed by atoms with Gasteiger partial charge in [0.25, 0.3) is 0 Å². The summed E-state index contributed by atoms with van der Waals surface area (Å²) in [5, 5.41) is 0. The monoisotopic (exact) mass is 310 g/mol. The van der Waals surface area contributed by atoms with Crippen molar-refractivity contribution in [2.45, 2.75) is 15.5 Å². The standard InChI is InChI=1S/C14H14O2S3/c1-19(15,16)14-9-7-13(8-10-14)18-17-11-12-5-3-2-4-6-12/h2-10H,11H2,1H3. The van der Waals surface area contributed by atoms with E-state index in [9.17, 15) is 8.42 Å². The molecule has 0 aromatic heterocycles. The average Bonchev–Trinajstić information content (AvgIpc) is 2.39. The van der Waals surface area contributed by atoms with Gasteiger partial charge in [-0.3, -0.25) is 0 Å². The summed E-state index contributed by atoms with van der Waals surface area (Å²) in [5.41, 5.74) is 1.28. The van der Waals surface area contributed by atoms with E-state index in [-0.39, 0.29) is 0 Å². The van der Waals surface area contributed by atoms with E-state index < -0.39 is 9.84 Å². The van der Waals surface area contributed by atoms with E-state index in [2.05, 4.69) is 12.1 Å². The van der Waals surface area contributed by atoms with Crippen LogP contribution < -0.4 is 0 Å². The van der Waals surface area contributed by atoms with Crippen molar-refractivity contribution in [3.8, 4) is 0 Å². The maximum absolute atomic E-state index is 11.3. The summed E-state index contributed by atoms with van der Waals surface area (Å²) in [7, 11) is 0.297. The van der Waals surface area contributed by atoms with Crippen LogP contribution in [-0.4, -0.2) is 14.7 Å². The molecule has 0 bridgehead atoms. The van der Waals surface area contributed by atoms with Gasteiger partial charge in [0.15, 0.2) is 9.84 Å². The molecule has 0 spiro atoms. The molecule has 19 heavy (non-hydrogen) atoms. The fourth-order valence-electron chi connectivity index (χ4n) is 1.48. The maximum Gasteiger partial charge on any atom is 0.175 e. The zero-order valence-electron chi connectivity index (χ0n) is 10.4. The Morgan fingerprint density at radius 3 is 2.16 bits per heavy atom. The van der Waals surface area contributed by atoms with E-state index in [4.69, 9.17) is 0 Å². The highest BCUT2D eigenvalue weighted by molar-refractivity contribution is 8.76. The molecule has 0 aliphatic rings. The molecule has 0 unspecified atom stereocenters. The minimum absolute atomic E-state index is 0.366. The van der Waals surface area contributed by atoms with Crippen LogP contribution in [0.1, 0.15) is 5.56 Å². The molecule has 0 heterocycles. The van der Waals surface area contributed by atoms with Crippen LogP contribution in [0.25, 0.3) is 0 Å². The summed E-state index contributed by atoms with van der Waals surface area (Å²) >= 11 is 0. The minimum atomic E-state index is -3.10. The number of rotatable bonds is 5. The molecule has 2 nitrogen and oxygen atoms in total. The van der Waals surface area contributed by atoms with Crippen molar-refractivity contribution in [1.82, 2.24) is 0 Å². The number of benzene rings is 2. The zero-order chi connectivity index (χ0) is 13.7. The van der Waals surface area contributed by atoms with Crippen molar-refractivity contribution in [3.63, 3.8) is 0 Å². The summed E-state index contributed by atoms with van der Waals surface area (Å²) < 4.78 is 22.7. The van der Waals surface area contributed by atoms with Crippen LogP contribution in [0.2, 0.25) is 0 Å². The van der Waals surface area contributed by atoms with E-state index in [1.54, 1.807) is 33.7 Å². The van der Waals surface area contributed by atoms with Crippen molar-refractivity contribution in [2.24, 2.45) is 0 Å². The van der Waals surface area contributed by atoms with Crippen LogP contribution in [0, 0.1) is 0 Å². The Labute approximate surface area is 121 Å². The van der Waals surface area contributed by atoms with E-state index in [1.807, 2.05) is 30.3 Å². The third-order valence-corrected chi connectivity index (χ3v) is 5.92. The first-order valence-electron chi connectivity index (χ1n) is 5.69. The first-order chi connectivity index (χ1) is 9.05. The highest BCUT2D eigenvalue weighted by atomic mass is 33.1. The van der Waals surface area contributed by atoms with Crippen molar-refractivity contribution >= 4 is 31.4 Å². The van der Waals surface area contributed by atoms with Crippen LogP contribution in [0.15, 0.2) is 64.4 Å². The summed E-state index contributed by atoms with van der Waals surface area (Å²) in [4.78, 5) is 1.43. The largest absolute Gasteiger partial charge is 0.224 e. The molecule has 0 aliphatic carbocycles. The highest BCUT2D eigenvalue weighted by Crippen LogP contribution is 2.33. The van der Waals surface area contributed by atoms with Gasteiger partial charge in [0.2, 0.25) is 0 Å². The molecule has 0 fully saturated rings. The molecule has 0 amide bonds. The van der Waals surface area contributed by atoms with Crippen molar-refractivity contribution in [1.29, 1.82) is 0 Å². The highest BCUT2D eigenvalue weighted by Gasteiger charge is 2.06. The lowest BCUT2D eigenvalue weighted by Gasteiger charge is -2.03. The molecule has 0 radical (unpaired) electrons. The minimum Gasteiger partial charge on any atom is -0.224 e. The molecule has 100 valence electrons. The van der Waals surface area contributed by atoms with E-state index in [1.165, 1.54) is 11.8 Å². The van der Waals surface area contributed by atoms with E-state index >= 15 is 0 Å². The topological polar surface area (TPSA) is 34.1 Å². The molecule has 2 aromatic carbocycles. The number of hydrogen-bond acceptors (Lipinski definition) is 4. The van der Waals surface area contributed by atoms with Gasteiger partial charge in [-0.05, 0) is 29.8 Å². The maximum atomic E-state index is 11.3. The van der Waals surface area contributed by atoms with E-state index in [0.717, 1.165) is 10.6 Å². The molecular formula is C14H14O2S3. The normalized spacial score (nSPS) is 11.4. The van der Waals surface area contributed by atoms with Gasteiger partial charge in [-0.1, -0.05) is 51.9 Å². The first-order valence-corrected chi connectivity index (χ1v) is 9.90. The zero-order valence-corrected chi connectivity index (χ0v) is 12.9. The van der Waals surface area contributed by atoms with Crippen LogP contribution in [-0.2, 0) is 15.6 Å². The Balaban J connectivity index is 1.90. The molecule has 2 rings (SSSR count). The van der Waals surface area contributed by atoms with Gasteiger partial charge >= 0.3 is 0 Å². The second-order valence-corrected chi connectivity index (χ2v) is 8.46. The van der Waals surface area contributed by atoms with Crippen LogP contribution >= 0.6 is 21.6 Å². The molecule has 0 aliphatic heterocycles. The van der Waals surface area contributed by atoms with Crippen molar-refractivity contribution < 1.29 is 8.42 Å². The second-order valence-electron chi connectivity index (χ2n) is 4.07. The Morgan fingerprint density at radius 1 is 0.947 bits per heavy atom. The quantitative estimate of drug-likeness (QED) is 0.781. The average molecular weight is 310 g/mol. The lowest BCUT2D eigenvalue weighted by molar-refractivity contribution is 0.602. The molecule has 0 saturated carbocycles. The summed E-state index contributed by atoms with van der Waals surface area (Å²) in [5.74, 6) is 0.930. The third kappa shape index (κ3) is 4.60. The van der Waals surface area contributed by atoms with Crippen LogP contribution in [0.3, 0.4) is 0 Å². The number of sulfone groups is 1. The van der Waals surface area contributed by atoms with Gasteiger partial charge in [-0.2, -0.15) is 0 Å². The Morgan fingerprint density at radius 2 is 1.58 bits per heavy atom. The lowest BCUT2D eigenvalue weighted by Crippen LogP contribution is -1.95. The van der Waals surface area contributed by atoms with Gasteiger partial charge in [-0.15, -0.1) is 0 Å². The Kier molecular flexibility index (Phi) is 4.96. The fourth-order valence-corrected chi connectivity index (χ4v) is 4.21. The summed E-state index contributed by atoms with van der Waals surface area (Å²) in [6, 6.07) is 17.3. The predicted molar refractivity (Wildman–Crippen MR) is 83.1 cm³/mol. The Bertz CT molecular complexity index is 620. The van der Waals surface area contributed by atoms with Gasteiger partial charge in [0.1, 0.15) is 0 Å². The fraction of sp³-hybridized carbons (Fsp3) is 0.143. The van der Waals surface area contributed by atoms with E-state index in [0.29, 0.717) is 4.90 Å². The van der Waals surface area contributed by atoms with Gasteiger partial charge in [0.05, 0.1) is 4.90 Å². The molecule has 2 aromatic rings. The predicted octanol–water partition coefficient (Wildman–Crippen LogP) is 4.03. The number of hydrogen-bond donors (Lipinski definition) is 0. The van der Waals surface area contributed by atoms with Crippen molar-refractivity contribution in [2.75, 3.05) is 6.26 Å². The van der Waals surface area contributed by atoms with Gasteiger partial charge in [-0.25, -0.2) is 8.42 Å².